The van der Waals surface area contributed by atoms with Crippen LogP contribution in [0.25, 0.3) is 38.8 Å². The molecule has 0 aliphatic heterocycles. The average Bonchev–Trinajstić information content (AvgIpc) is 3.53. The lowest BCUT2D eigenvalue weighted by atomic mass is 10.1. The number of nitriles is 1. The Labute approximate surface area is 212 Å². The van der Waals surface area contributed by atoms with Gasteiger partial charge in [0.25, 0.3) is 0 Å². The second-order valence-corrected chi connectivity index (χ2v) is 9.25. The summed E-state index contributed by atoms with van der Waals surface area (Å²) < 4.78 is 23.2. The predicted octanol–water partition coefficient (Wildman–Crippen LogP) is 7.53. The summed E-state index contributed by atoms with van der Waals surface area (Å²) in [4.78, 5) is 4.63. The third-order valence-electron chi connectivity index (χ3n) is 5.67. The number of unbranched alkanes of at least 4 members (excludes halogenated alkanes) is 1. The van der Waals surface area contributed by atoms with Crippen molar-refractivity contribution < 1.29 is 9.13 Å². The van der Waals surface area contributed by atoms with Crippen LogP contribution < -0.4 is 4.74 Å². The van der Waals surface area contributed by atoms with Crippen molar-refractivity contribution in [3.63, 3.8) is 0 Å². The van der Waals surface area contributed by atoms with Gasteiger partial charge in [-0.1, -0.05) is 43.7 Å². The molecule has 0 fully saturated rings. The van der Waals surface area contributed by atoms with E-state index in [1.54, 1.807) is 22.9 Å². The SMILES string of the molecule is CCCCOc1ccc(-c2nn(-c3ccccc3)cc2C=C(C#N)c2nc3ccccc3s2)cc1F. The van der Waals surface area contributed by atoms with Crippen LogP contribution in [0.3, 0.4) is 0 Å². The zero-order valence-electron chi connectivity index (χ0n) is 19.7. The Morgan fingerprint density at radius 3 is 2.67 bits per heavy atom. The number of benzene rings is 3. The second kappa shape index (κ2) is 10.5. The fourth-order valence-electron chi connectivity index (χ4n) is 3.81. The van der Waals surface area contributed by atoms with E-state index in [1.807, 2.05) is 60.8 Å². The van der Waals surface area contributed by atoms with Crippen molar-refractivity contribution in [1.29, 1.82) is 5.26 Å². The van der Waals surface area contributed by atoms with Gasteiger partial charge in [-0.25, -0.2) is 14.1 Å². The highest BCUT2D eigenvalue weighted by atomic mass is 32.1. The van der Waals surface area contributed by atoms with Gasteiger partial charge in [0.15, 0.2) is 11.6 Å². The number of thiazole rings is 1. The van der Waals surface area contributed by atoms with Crippen molar-refractivity contribution >= 4 is 33.2 Å². The highest BCUT2D eigenvalue weighted by Gasteiger charge is 2.16. The van der Waals surface area contributed by atoms with E-state index in [2.05, 4.69) is 18.0 Å². The zero-order chi connectivity index (χ0) is 24.9. The van der Waals surface area contributed by atoms with Crippen LogP contribution in [-0.4, -0.2) is 21.4 Å². The fraction of sp³-hybridized carbons (Fsp3) is 0.138. The fourth-order valence-corrected chi connectivity index (χ4v) is 4.74. The van der Waals surface area contributed by atoms with Gasteiger partial charge < -0.3 is 4.74 Å². The zero-order valence-corrected chi connectivity index (χ0v) is 20.5. The number of halogens is 1. The minimum Gasteiger partial charge on any atom is -0.491 e. The maximum atomic E-state index is 14.9. The number of hydrogen-bond donors (Lipinski definition) is 0. The minimum atomic E-state index is -0.445. The van der Waals surface area contributed by atoms with Crippen molar-refractivity contribution in [2.45, 2.75) is 19.8 Å². The normalized spacial score (nSPS) is 11.5. The molecule has 5 rings (SSSR count). The standard InChI is InChI=1S/C29H23FN4OS/c1-2-3-15-35-26-14-13-20(17-24(26)30)28-22(19-34(33-28)23-9-5-4-6-10-23)16-21(18-31)29-32-25-11-7-8-12-27(25)36-29/h4-14,16-17,19H,2-3,15H2,1H3. The number of aromatic nitrogens is 3. The molecular formula is C29H23FN4OS. The van der Waals surface area contributed by atoms with Gasteiger partial charge in [0.05, 0.1) is 28.1 Å². The van der Waals surface area contributed by atoms with Crippen molar-refractivity contribution in [3.8, 4) is 28.8 Å². The summed E-state index contributed by atoms with van der Waals surface area (Å²) >= 11 is 1.46. The van der Waals surface area contributed by atoms with Crippen molar-refractivity contribution in [3.05, 3.63) is 95.4 Å². The van der Waals surface area contributed by atoms with Crippen LogP contribution >= 0.6 is 11.3 Å². The Morgan fingerprint density at radius 1 is 1.11 bits per heavy atom. The van der Waals surface area contributed by atoms with Gasteiger partial charge in [0, 0.05) is 17.3 Å². The van der Waals surface area contributed by atoms with Crippen LogP contribution in [0.2, 0.25) is 0 Å². The topological polar surface area (TPSA) is 63.7 Å². The van der Waals surface area contributed by atoms with E-state index in [1.165, 1.54) is 17.4 Å². The summed E-state index contributed by atoms with van der Waals surface area (Å²) in [7, 11) is 0. The molecule has 0 radical (unpaired) electrons. The predicted molar refractivity (Wildman–Crippen MR) is 142 cm³/mol. The average molecular weight is 495 g/mol. The molecule has 0 saturated heterocycles. The number of nitrogens with zero attached hydrogens (tertiary/aromatic N) is 4. The minimum absolute atomic E-state index is 0.221. The Balaban J connectivity index is 1.59. The maximum absolute atomic E-state index is 14.9. The van der Waals surface area contributed by atoms with Crippen LogP contribution in [0.1, 0.15) is 30.3 Å². The number of para-hydroxylation sites is 2. The molecule has 0 bridgehead atoms. The number of ether oxygens (including phenoxy) is 1. The molecule has 2 heterocycles. The van der Waals surface area contributed by atoms with Crippen LogP contribution in [0.5, 0.6) is 5.75 Å². The Morgan fingerprint density at radius 2 is 1.92 bits per heavy atom. The van der Waals surface area contributed by atoms with Gasteiger partial charge in [-0.3, -0.25) is 0 Å². The van der Waals surface area contributed by atoms with E-state index in [9.17, 15) is 9.65 Å². The maximum Gasteiger partial charge on any atom is 0.165 e. The molecule has 178 valence electrons. The van der Waals surface area contributed by atoms with E-state index in [-0.39, 0.29) is 5.75 Å². The highest BCUT2D eigenvalue weighted by molar-refractivity contribution is 7.19. The molecule has 2 aromatic heterocycles. The van der Waals surface area contributed by atoms with Crippen LogP contribution in [0, 0.1) is 17.1 Å². The summed E-state index contributed by atoms with van der Waals surface area (Å²) in [6.07, 6.45) is 5.45. The number of rotatable bonds is 8. The summed E-state index contributed by atoms with van der Waals surface area (Å²) in [5.74, 6) is -0.224. The van der Waals surface area contributed by atoms with Gasteiger partial charge in [0.2, 0.25) is 0 Å². The lowest BCUT2D eigenvalue weighted by Crippen LogP contribution is -1.99. The molecule has 0 unspecified atom stereocenters. The molecule has 0 aliphatic carbocycles. The van der Waals surface area contributed by atoms with Gasteiger partial charge in [-0.05, 0) is 55.0 Å². The lowest BCUT2D eigenvalue weighted by Gasteiger charge is -2.08. The molecule has 5 nitrogen and oxygen atoms in total. The largest absolute Gasteiger partial charge is 0.491 e. The summed E-state index contributed by atoms with van der Waals surface area (Å²) in [6.45, 7) is 2.53. The molecule has 7 heteroatoms. The molecule has 0 N–H and O–H groups in total. The molecule has 0 spiro atoms. The molecule has 3 aromatic carbocycles. The monoisotopic (exact) mass is 494 g/mol. The van der Waals surface area contributed by atoms with Gasteiger partial charge in [-0.15, -0.1) is 11.3 Å². The number of hydrogen-bond acceptors (Lipinski definition) is 5. The Hall–Kier alpha value is -4.28. The Bertz CT molecular complexity index is 1550. The third-order valence-corrected chi connectivity index (χ3v) is 6.74. The molecule has 5 aromatic rings. The van der Waals surface area contributed by atoms with E-state index in [0.29, 0.717) is 34.0 Å². The summed E-state index contributed by atoms with van der Waals surface area (Å²) in [5.41, 5.74) is 3.97. The lowest BCUT2D eigenvalue weighted by molar-refractivity contribution is 0.294. The smallest absolute Gasteiger partial charge is 0.165 e. The number of fused-ring (bicyclic) bond motifs is 1. The molecule has 0 amide bonds. The van der Waals surface area contributed by atoms with Gasteiger partial charge in [0.1, 0.15) is 16.8 Å². The van der Waals surface area contributed by atoms with Crippen LogP contribution in [-0.2, 0) is 0 Å². The van der Waals surface area contributed by atoms with E-state index < -0.39 is 5.82 Å². The van der Waals surface area contributed by atoms with Crippen molar-refractivity contribution in [2.24, 2.45) is 0 Å². The molecule has 0 aliphatic rings. The van der Waals surface area contributed by atoms with E-state index in [0.717, 1.165) is 28.7 Å². The quantitative estimate of drug-likeness (QED) is 0.165. The van der Waals surface area contributed by atoms with E-state index >= 15 is 0 Å². The Kier molecular flexibility index (Phi) is 6.87. The molecule has 0 saturated carbocycles. The van der Waals surface area contributed by atoms with Gasteiger partial charge in [-0.2, -0.15) is 10.4 Å². The third kappa shape index (κ3) is 4.90. The molecular weight excluding hydrogens is 471 g/mol. The highest BCUT2D eigenvalue weighted by Crippen LogP contribution is 2.32. The number of allylic oxidation sites excluding steroid dienone is 1. The first-order valence-corrected chi connectivity index (χ1v) is 12.5. The van der Waals surface area contributed by atoms with Crippen molar-refractivity contribution in [2.75, 3.05) is 6.61 Å². The van der Waals surface area contributed by atoms with Crippen molar-refractivity contribution in [1.82, 2.24) is 14.8 Å². The first-order valence-electron chi connectivity index (χ1n) is 11.7. The first kappa shape index (κ1) is 23.5. The molecule has 0 atom stereocenters. The molecule has 36 heavy (non-hydrogen) atoms. The second-order valence-electron chi connectivity index (χ2n) is 8.22. The summed E-state index contributed by atoms with van der Waals surface area (Å²) in [5, 5.41) is 15.4. The van der Waals surface area contributed by atoms with Crippen LogP contribution in [0.4, 0.5) is 4.39 Å². The van der Waals surface area contributed by atoms with Crippen LogP contribution in [0.15, 0.2) is 79.0 Å². The van der Waals surface area contributed by atoms with Gasteiger partial charge >= 0.3 is 0 Å². The first-order chi connectivity index (χ1) is 17.7. The van der Waals surface area contributed by atoms with E-state index in [4.69, 9.17) is 9.84 Å². The summed E-state index contributed by atoms with van der Waals surface area (Å²) in [6, 6.07) is 24.6.